The lowest BCUT2D eigenvalue weighted by Gasteiger charge is -2.23. The van der Waals surface area contributed by atoms with Crippen LogP contribution in [0, 0.1) is 11.7 Å². The number of aromatic nitrogens is 2. The predicted molar refractivity (Wildman–Crippen MR) is 65.3 cm³/mol. The van der Waals surface area contributed by atoms with Crippen LogP contribution >= 0.6 is 0 Å². The third-order valence-electron chi connectivity index (χ3n) is 3.45. The molecular weight excluding hydrogens is 217 g/mol. The van der Waals surface area contributed by atoms with Gasteiger partial charge in [-0.3, -0.25) is 0 Å². The molecule has 4 heteroatoms. The van der Waals surface area contributed by atoms with Gasteiger partial charge in [0.1, 0.15) is 5.52 Å². The molecule has 0 spiro atoms. The summed E-state index contributed by atoms with van der Waals surface area (Å²) in [6, 6.07) is 5.14. The summed E-state index contributed by atoms with van der Waals surface area (Å²) < 4.78 is 15.6. The summed E-state index contributed by atoms with van der Waals surface area (Å²) >= 11 is 0. The number of benzene rings is 1. The molecule has 1 aliphatic heterocycles. The average Bonchev–Trinajstić information content (AvgIpc) is 2.76. The zero-order valence-corrected chi connectivity index (χ0v) is 9.69. The van der Waals surface area contributed by atoms with Crippen molar-refractivity contribution in [2.24, 2.45) is 5.92 Å². The van der Waals surface area contributed by atoms with E-state index >= 15 is 0 Å². The van der Waals surface area contributed by atoms with Crippen molar-refractivity contribution in [1.29, 1.82) is 0 Å². The number of rotatable bonds is 2. The Bertz CT molecular complexity index is 514. The van der Waals surface area contributed by atoms with Gasteiger partial charge in [0.25, 0.3) is 0 Å². The van der Waals surface area contributed by atoms with E-state index in [-0.39, 0.29) is 5.82 Å². The van der Waals surface area contributed by atoms with E-state index in [0.717, 1.165) is 25.2 Å². The molecule has 0 saturated carbocycles. The molecule has 0 amide bonds. The fourth-order valence-corrected chi connectivity index (χ4v) is 2.56. The summed E-state index contributed by atoms with van der Waals surface area (Å²) in [4.78, 5) is 4.15. The number of para-hydroxylation sites is 1. The van der Waals surface area contributed by atoms with Crippen LogP contribution < -0.4 is 5.32 Å². The fraction of sp³-hybridized carbons (Fsp3) is 0.462. The molecule has 1 unspecified atom stereocenters. The molecule has 1 atom stereocenters. The first-order valence-electron chi connectivity index (χ1n) is 6.14. The molecule has 0 aliphatic carbocycles. The van der Waals surface area contributed by atoms with Crippen molar-refractivity contribution >= 4 is 11.0 Å². The molecule has 0 bridgehead atoms. The predicted octanol–water partition coefficient (Wildman–Crippen LogP) is 2.17. The van der Waals surface area contributed by atoms with E-state index in [4.69, 9.17) is 0 Å². The fourth-order valence-electron chi connectivity index (χ4n) is 2.56. The van der Waals surface area contributed by atoms with Gasteiger partial charge >= 0.3 is 0 Å². The van der Waals surface area contributed by atoms with Crippen molar-refractivity contribution in [3.8, 4) is 0 Å². The lowest BCUT2D eigenvalue weighted by molar-refractivity contribution is 0.340. The Morgan fingerprint density at radius 2 is 2.41 bits per heavy atom. The molecule has 1 saturated heterocycles. The summed E-state index contributed by atoms with van der Waals surface area (Å²) in [5, 5.41) is 3.40. The van der Waals surface area contributed by atoms with E-state index in [1.165, 1.54) is 18.9 Å². The van der Waals surface area contributed by atoms with E-state index in [9.17, 15) is 4.39 Å². The number of nitrogens with one attached hydrogen (secondary N) is 1. The number of piperidine rings is 1. The average molecular weight is 233 g/mol. The number of hydrogen-bond donors (Lipinski definition) is 1. The smallest absolute Gasteiger partial charge is 0.151 e. The maximum absolute atomic E-state index is 13.5. The molecule has 3 rings (SSSR count). The Labute approximate surface area is 99.7 Å². The minimum Gasteiger partial charge on any atom is -0.330 e. The van der Waals surface area contributed by atoms with Gasteiger partial charge in [-0.1, -0.05) is 6.07 Å². The summed E-state index contributed by atoms with van der Waals surface area (Å²) in [6.07, 6.45) is 4.22. The van der Waals surface area contributed by atoms with Crippen molar-refractivity contribution < 1.29 is 4.39 Å². The molecule has 17 heavy (non-hydrogen) atoms. The van der Waals surface area contributed by atoms with Gasteiger partial charge < -0.3 is 9.88 Å². The van der Waals surface area contributed by atoms with Gasteiger partial charge in [0.15, 0.2) is 5.82 Å². The van der Waals surface area contributed by atoms with Crippen LogP contribution in [0.25, 0.3) is 11.0 Å². The minimum atomic E-state index is -0.233. The van der Waals surface area contributed by atoms with E-state index < -0.39 is 0 Å². The number of nitrogens with zero attached hydrogens (tertiary/aromatic N) is 2. The van der Waals surface area contributed by atoms with Crippen molar-refractivity contribution in [1.82, 2.24) is 14.9 Å². The highest BCUT2D eigenvalue weighted by Gasteiger charge is 2.15. The topological polar surface area (TPSA) is 29.9 Å². The first kappa shape index (κ1) is 10.7. The monoisotopic (exact) mass is 233 g/mol. The summed E-state index contributed by atoms with van der Waals surface area (Å²) in [7, 11) is 0. The number of halogens is 1. The van der Waals surface area contributed by atoms with Crippen LogP contribution in [0.1, 0.15) is 12.8 Å². The van der Waals surface area contributed by atoms with Gasteiger partial charge in [-0.15, -0.1) is 0 Å². The lowest BCUT2D eigenvalue weighted by Crippen LogP contribution is -2.32. The largest absolute Gasteiger partial charge is 0.330 e. The molecule has 2 aromatic rings. The zero-order valence-electron chi connectivity index (χ0n) is 9.69. The number of hydrogen-bond acceptors (Lipinski definition) is 2. The second-order valence-electron chi connectivity index (χ2n) is 4.72. The van der Waals surface area contributed by atoms with Gasteiger partial charge in [-0.05, 0) is 44.0 Å². The molecule has 1 N–H and O–H groups in total. The molecule has 1 aliphatic rings. The molecular formula is C13H16FN3. The Balaban J connectivity index is 1.87. The SMILES string of the molecule is Fc1cccc2c1ncn2CC1CCCNC1. The van der Waals surface area contributed by atoms with E-state index in [1.54, 1.807) is 12.4 Å². The van der Waals surface area contributed by atoms with Crippen LogP contribution in [-0.4, -0.2) is 22.6 Å². The Morgan fingerprint density at radius 1 is 1.47 bits per heavy atom. The molecule has 2 heterocycles. The van der Waals surface area contributed by atoms with Crippen LogP contribution in [0.3, 0.4) is 0 Å². The summed E-state index contributed by atoms with van der Waals surface area (Å²) in [5.41, 5.74) is 1.38. The van der Waals surface area contributed by atoms with Crippen LogP contribution in [0.2, 0.25) is 0 Å². The van der Waals surface area contributed by atoms with E-state index in [0.29, 0.717) is 11.4 Å². The molecule has 1 aromatic carbocycles. The van der Waals surface area contributed by atoms with E-state index in [2.05, 4.69) is 14.9 Å². The summed E-state index contributed by atoms with van der Waals surface area (Å²) in [6.45, 7) is 3.09. The number of imidazole rings is 1. The van der Waals surface area contributed by atoms with Crippen molar-refractivity contribution in [2.45, 2.75) is 19.4 Å². The van der Waals surface area contributed by atoms with Gasteiger partial charge in [-0.2, -0.15) is 0 Å². The quantitative estimate of drug-likeness (QED) is 0.861. The zero-order chi connectivity index (χ0) is 11.7. The second kappa shape index (κ2) is 4.45. The molecule has 90 valence electrons. The van der Waals surface area contributed by atoms with Crippen LogP contribution in [-0.2, 0) is 6.54 Å². The molecule has 3 nitrogen and oxygen atoms in total. The highest BCUT2D eigenvalue weighted by molar-refractivity contribution is 5.75. The van der Waals surface area contributed by atoms with Gasteiger partial charge in [0.2, 0.25) is 0 Å². The molecule has 1 fully saturated rings. The lowest BCUT2D eigenvalue weighted by atomic mass is 10.00. The van der Waals surface area contributed by atoms with Crippen molar-refractivity contribution in [3.63, 3.8) is 0 Å². The van der Waals surface area contributed by atoms with Crippen LogP contribution in [0.5, 0.6) is 0 Å². The first-order valence-corrected chi connectivity index (χ1v) is 6.14. The Kier molecular flexibility index (Phi) is 2.81. The normalized spacial score (nSPS) is 20.9. The third-order valence-corrected chi connectivity index (χ3v) is 3.45. The number of fused-ring (bicyclic) bond motifs is 1. The maximum atomic E-state index is 13.5. The molecule has 0 radical (unpaired) electrons. The van der Waals surface area contributed by atoms with Crippen molar-refractivity contribution in [2.75, 3.05) is 13.1 Å². The highest BCUT2D eigenvalue weighted by Crippen LogP contribution is 2.19. The van der Waals surface area contributed by atoms with Gasteiger partial charge in [-0.25, -0.2) is 9.37 Å². The summed E-state index contributed by atoms with van der Waals surface area (Å²) in [5.74, 6) is 0.396. The van der Waals surface area contributed by atoms with Crippen LogP contribution in [0.15, 0.2) is 24.5 Å². The molecule has 1 aromatic heterocycles. The maximum Gasteiger partial charge on any atom is 0.151 e. The third kappa shape index (κ3) is 2.05. The Morgan fingerprint density at radius 3 is 3.24 bits per heavy atom. The van der Waals surface area contributed by atoms with Crippen LogP contribution in [0.4, 0.5) is 4.39 Å². The minimum absolute atomic E-state index is 0.233. The van der Waals surface area contributed by atoms with Crippen molar-refractivity contribution in [3.05, 3.63) is 30.3 Å². The Hall–Kier alpha value is -1.42. The highest BCUT2D eigenvalue weighted by atomic mass is 19.1. The second-order valence-corrected chi connectivity index (χ2v) is 4.72. The first-order chi connectivity index (χ1) is 8.34. The van der Waals surface area contributed by atoms with E-state index in [1.807, 2.05) is 6.07 Å². The van der Waals surface area contributed by atoms with Gasteiger partial charge in [0, 0.05) is 6.54 Å². The standard InChI is InChI=1S/C13H16FN3/c14-11-4-1-5-12-13(11)16-9-17(12)8-10-3-2-6-15-7-10/h1,4-5,9-10,15H,2-3,6-8H2. The van der Waals surface area contributed by atoms with Gasteiger partial charge in [0.05, 0.1) is 11.8 Å².